The first-order chi connectivity index (χ1) is 4.91. The number of rotatable bonds is 4. The molecule has 0 radical (unpaired) electrons. The maximum Gasteiger partial charge on any atom is 0.000514 e. The van der Waals surface area contributed by atoms with E-state index >= 15 is 0 Å². The van der Waals surface area contributed by atoms with Crippen LogP contribution in [0.1, 0.15) is 27.7 Å². The Morgan fingerprint density at radius 1 is 1.55 bits per heavy atom. The van der Waals surface area contributed by atoms with Gasteiger partial charge in [0.25, 0.3) is 0 Å². The van der Waals surface area contributed by atoms with Gasteiger partial charge in [-0.15, -0.1) is 0 Å². The summed E-state index contributed by atoms with van der Waals surface area (Å²) in [4.78, 5) is 0. The third-order valence-electron chi connectivity index (χ3n) is 2.54. The maximum absolute atomic E-state index is 3.98. The van der Waals surface area contributed by atoms with Crippen molar-refractivity contribution in [3.05, 3.63) is 12.2 Å². The molecule has 1 unspecified atom stereocenters. The molecular weight excluding hydrogens is 134 g/mol. The molecule has 1 heteroatoms. The van der Waals surface area contributed by atoms with Crippen molar-refractivity contribution in [1.29, 1.82) is 0 Å². The minimum Gasteiger partial charge on any atom is -0.319 e. The Balaban J connectivity index is 4.16. The van der Waals surface area contributed by atoms with Crippen molar-refractivity contribution < 1.29 is 0 Å². The summed E-state index contributed by atoms with van der Waals surface area (Å²) in [6.07, 6.45) is 0. The average molecular weight is 155 g/mol. The van der Waals surface area contributed by atoms with E-state index in [0.29, 0.717) is 11.3 Å². The zero-order valence-electron chi connectivity index (χ0n) is 8.49. The smallest absolute Gasteiger partial charge is 0.000514 e. The summed E-state index contributed by atoms with van der Waals surface area (Å²) in [5.74, 6) is 0.579. The predicted molar refractivity (Wildman–Crippen MR) is 51.7 cm³/mol. The van der Waals surface area contributed by atoms with E-state index in [1.165, 1.54) is 5.57 Å². The molecule has 0 fully saturated rings. The van der Waals surface area contributed by atoms with Gasteiger partial charge in [-0.05, 0) is 25.3 Å². The topological polar surface area (TPSA) is 12.0 Å². The van der Waals surface area contributed by atoms with Gasteiger partial charge < -0.3 is 5.32 Å². The van der Waals surface area contributed by atoms with Crippen molar-refractivity contribution in [1.82, 2.24) is 5.32 Å². The van der Waals surface area contributed by atoms with Crippen LogP contribution in [0.3, 0.4) is 0 Å². The minimum atomic E-state index is 0.320. The van der Waals surface area contributed by atoms with E-state index in [0.717, 1.165) is 6.54 Å². The van der Waals surface area contributed by atoms with Gasteiger partial charge in [0.05, 0.1) is 0 Å². The molecule has 0 aliphatic heterocycles. The molecular formula is C10H21N. The second-order valence-electron chi connectivity index (χ2n) is 4.09. The molecule has 0 aliphatic carbocycles. The second-order valence-corrected chi connectivity index (χ2v) is 4.09. The third kappa shape index (κ3) is 3.06. The quantitative estimate of drug-likeness (QED) is 0.615. The van der Waals surface area contributed by atoms with Crippen molar-refractivity contribution in [2.45, 2.75) is 27.7 Å². The Bertz CT molecular complexity index is 136. The molecule has 0 amide bonds. The van der Waals surface area contributed by atoms with Crippen molar-refractivity contribution in [3.63, 3.8) is 0 Å². The average Bonchev–Trinajstić information content (AvgIpc) is 1.86. The van der Waals surface area contributed by atoms with Crippen molar-refractivity contribution in [3.8, 4) is 0 Å². The van der Waals surface area contributed by atoms with E-state index in [-0.39, 0.29) is 0 Å². The molecule has 1 N–H and O–H groups in total. The highest BCUT2D eigenvalue weighted by Gasteiger charge is 2.24. The van der Waals surface area contributed by atoms with E-state index in [9.17, 15) is 0 Å². The van der Waals surface area contributed by atoms with Crippen LogP contribution < -0.4 is 5.32 Å². The first-order valence-corrected chi connectivity index (χ1v) is 4.22. The standard InChI is InChI=1S/C10H21N/c1-8(2)9(3)10(4,5)7-11-6/h9,11H,1,7H2,2-6H3. The van der Waals surface area contributed by atoms with Crippen LogP contribution in [0, 0.1) is 11.3 Å². The van der Waals surface area contributed by atoms with Crippen LogP contribution in [0.5, 0.6) is 0 Å². The minimum absolute atomic E-state index is 0.320. The Kier molecular flexibility index (Phi) is 3.81. The van der Waals surface area contributed by atoms with E-state index in [2.05, 4.69) is 39.6 Å². The zero-order chi connectivity index (χ0) is 9.07. The highest BCUT2D eigenvalue weighted by molar-refractivity contribution is 5.00. The SMILES string of the molecule is C=C(C)C(C)C(C)(C)CNC. The largest absolute Gasteiger partial charge is 0.319 e. The molecule has 11 heavy (non-hydrogen) atoms. The van der Waals surface area contributed by atoms with Crippen LogP contribution >= 0.6 is 0 Å². The Labute approximate surface area is 70.9 Å². The number of hydrogen-bond acceptors (Lipinski definition) is 1. The molecule has 0 saturated heterocycles. The summed E-state index contributed by atoms with van der Waals surface area (Å²) in [7, 11) is 1.99. The van der Waals surface area contributed by atoms with Gasteiger partial charge in [0, 0.05) is 6.54 Å². The summed E-state index contributed by atoms with van der Waals surface area (Å²) in [6.45, 7) is 13.9. The van der Waals surface area contributed by atoms with Crippen LogP contribution in [0.25, 0.3) is 0 Å². The molecule has 0 aromatic heterocycles. The Morgan fingerprint density at radius 3 is 2.27 bits per heavy atom. The molecule has 1 atom stereocenters. The van der Waals surface area contributed by atoms with Gasteiger partial charge in [-0.1, -0.05) is 32.9 Å². The fourth-order valence-electron chi connectivity index (χ4n) is 1.28. The molecule has 0 spiro atoms. The van der Waals surface area contributed by atoms with Gasteiger partial charge >= 0.3 is 0 Å². The van der Waals surface area contributed by atoms with E-state index < -0.39 is 0 Å². The van der Waals surface area contributed by atoms with Gasteiger partial charge in [-0.25, -0.2) is 0 Å². The van der Waals surface area contributed by atoms with Crippen LogP contribution in [-0.4, -0.2) is 13.6 Å². The third-order valence-corrected chi connectivity index (χ3v) is 2.54. The predicted octanol–water partition coefficient (Wildman–Crippen LogP) is 2.44. The lowest BCUT2D eigenvalue weighted by Crippen LogP contribution is -2.33. The summed E-state index contributed by atoms with van der Waals surface area (Å²) < 4.78 is 0. The molecule has 66 valence electrons. The molecule has 1 nitrogen and oxygen atoms in total. The monoisotopic (exact) mass is 155 g/mol. The summed E-state index contributed by atoms with van der Waals surface area (Å²) >= 11 is 0. The Morgan fingerprint density at radius 2 is 2.00 bits per heavy atom. The van der Waals surface area contributed by atoms with E-state index in [1.54, 1.807) is 0 Å². The zero-order valence-corrected chi connectivity index (χ0v) is 8.49. The van der Waals surface area contributed by atoms with Gasteiger partial charge in [0.1, 0.15) is 0 Å². The van der Waals surface area contributed by atoms with Crippen LogP contribution in [0.2, 0.25) is 0 Å². The first kappa shape index (κ1) is 10.7. The van der Waals surface area contributed by atoms with Gasteiger partial charge in [-0.3, -0.25) is 0 Å². The maximum atomic E-state index is 3.98. The molecule has 0 rings (SSSR count). The summed E-state index contributed by atoms with van der Waals surface area (Å²) in [5.41, 5.74) is 1.59. The van der Waals surface area contributed by atoms with Gasteiger partial charge in [-0.2, -0.15) is 0 Å². The normalized spacial score (nSPS) is 14.6. The molecule has 0 bridgehead atoms. The lowest BCUT2D eigenvalue weighted by molar-refractivity contribution is 0.259. The second kappa shape index (κ2) is 3.91. The number of allylic oxidation sites excluding steroid dienone is 1. The number of nitrogens with one attached hydrogen (secondary N) is 1. The highest BCUT2D eigenvalue weighted by Crippen LogP contribution is 2.30. The van der Waals surface area contributed by atoms with Crippen LogP contribution in [0.4, 0.5) is 0 Å². The Hall–Kier alpha value is -0.300. The molecule has 0 saturated carbocycles. The number of hydrogen-bond donors (Lipinski definition) is 1. The van der Waals surface area contributed by atoms with Crippen molar-refractivity contribution in [2.24, 2.45) is 11.3 Å². The van der Waals surface area contributed by atoms with E-state index in [1.807, 2.05) is 7.05 Å². The molecule has 0 aliphatic rings. The molecule has 0 aromatic carbocycles. The lowest BCUT2D eigenvalue weighted by Gasteiger charge is -2.32. The summed E-state index contributed by atoms with van der Waals surface area (Å²) in [6, 6.07) is 0. The van der Waals surface area contributed by atoms with Crippen molar-refractivity contribution in [2.75, 3.05) is 13.6 Å². The fraction of sp³-hybridized carbons (Fsp3) is 0.800. The summed E-state index contributed by atoms with van der Waals surface area (Å²) in [5, 5.41) is 3.20. The van der Waals surface area contributed by atoms with Gasteiger partial charge in [0.2, 0.25) is 0 Å². The van der Waals surface area contributed by atoms with E-state index in [4.69, 9.17) is 0 Å². The fourth-order valence-corrected chi connectivity index (χ4v) is 1.28. The molecule has 0 heterocycles. The lowest BCUT2D eigenvalue weighted by atomic mass is 9.76. The molecule has 0 aromatic rings. The van der Waals surface area contributed by atoms with Crippen LogP contribution in [-0.2, 0) is 0 Å². The highest BCUT2D eigenvalue weighted by atomic mass is 14.8. The van der Waals surface area contributed by atoms with Gasteiger partial charge in [0.15, 0.2) is 0 Å². The van der Waals surface area contributed by atoms with Crippen molar-refractivity contribution >= 4 is 0 Å². The first-order valence-electron chi connectivity index (χ1n) is 4.22. The van der Waals surface area contributed by atoms with Crippen LogP contribution in [0.15, 0.2) is 12.2 Å².